The number of Topliss-reactive ketones (excluding diaryl/α,β-unsaturated/α-hetero) is 1. The molecule has 0 N–H and O–H groups in total. The van der Waals surface area contributed by atoms with Crippen LogP contribution in [0.3, 0.4) is 0 Å². The summed E-state index contributed by atoms with van der Waals surface area (Å²) in [7, 11) is 0. The van der Waals surface area contributed by atoms with Crippen LogP contribution in [0.25, 0.3) is 0 Å². The van der Waals surface area contributed by atoms with Crippen LogP contribution in [0, 0.1) is 5.92 Å². The van der Waals surface area contributed by atoms with E-state index in [4.69, 9.17) is 0 Å². The maximum Gasteiger partial charge on any atom is 0.259 e. The van der Waals surface area contributed by atoms with Crippen molar-refractivity contribution in [2.45, 2.75) is 12.3 Å². The number of ketones is 1. The van der Waals surface area contributed by atoms with Gasteiger partial charge in [-0.25, -0.2) is 8.78 Å². The SMILES string of the molecule is O=C(c1cccc(Br)c1)[C@@H]1CC1(F)F. The standard InChI is InChI=1S/C10H7BrF2O/c11-7-3-1-2-6(4-7)9(14)8-5-10(8,12)13/h1-4,8H,5H2/t8-/m0/s1. The van der Waals surface area contributed by atoms with Gasteiger partial charge in [0.25, 0.3) is 5.92 Å². The lowest BCUT2D eigenvalue weighted by Gasteiger charge is -1.99. The molecular weight excluding hydrogens is 254 g/mol. The van der Waals surface area contributed by atoms with Crippen LogP contribution in [0.2, 0.25) is 0 Å². The van der Waals surface area contributed by atoms with Crippen LogP contribution in [0.4, 0.5) is 8.78 Å². The lowest BCUT2D eigenvalue weighted by Crippen LogP contribution is -2.07. The van der Waals surface area contributed by atoms with Crippen LogP contribution in [0.1, 0.15) is 16.8 Å². The Morgan fingerprint density at radius 3 is 2.64 bits per heavy atom. The molecule has 1 aliphatic rings. The van der Waals surface area contributed by atoms with Crippen LogP contribution in [0.5, 0.6) is 0 Å². The molecule has 1 fully saturated rings. The number of carbonyl (C=O) groups is 1. The average Bonchev–Trinajstić information content (AvgIpc) is 2.74. The molecule has 1 aromatic rings. The molecule has 14 heavy (non-hydrogen) atoms. The van der Waals surface area contributed by atoms with Gasteiger partial charge >= 0.3 is 0 Å². The lowest BCUT2D eigenvalue weighted by molar-refractivity contribution is 0.0757. The zero-order chi connectivity index (χ0) is 10.3. The van der Waals surface area contributed by atoms with Crippen molar-refractivity contribution in [3.8, 4) is 0 Å². The fourth-order valence-corrected chi connectivity index (χ4v) is 1.74. The van der Waals surface area contributed by atoms with Gasteiger partial charge < -0.3 is 0 Å². The molecule has 0 saturated heterocycles. The van der Waals surface area contributed by atoms with Crippen molar-refractivity contribution >= 4 is 21.7 Å². The molecule has 4 heteroatoms. The number of benzene rings is 1. The first-order valence-corrected chi connectivity index (χ1v) is 4.97. The summed E-state index contributed by atoms with van der Waals surface area (Å²) in [6, 6.07) is 6.54. The largest absolute Gasteiger partial charge is 0.294 e. The van der Waals surface area contributed by atoms with Gasteiger partial charge in [-0.15, -0.1) is 0 Å². The predicted octanol–water partition coefficient (Wildman–Crippen LogP) is 3.29. The van der Waals surface area contributed by atoms with Gasteiger partial charge in [-0.05, 0) is 12.1 Å². The monoisotopic (exact) mass is 260 g/mol. The Bertz CT molecular complexity index is 389. The fourth-order valence-electron chi connectivity index (χ4n) is 1.34. The van der Waals surface area contributed by atoms with E-state index in [0.29, 0.717) is 5.56 Å². The summed E-state index contributed by atoms with van der Waals surface area (Å²) in [6.45, 7) is 0. The van der Waals surface area contributed by atoms with Gasteiger partial charge in [0.05, 0.1) is 5.92 Å². The second-order valence-electron chi connectivity index (χ2n) is 3.39. The highest BCUT2D eigenvalue weighted by Gasteiger charge is 2.61. The molecule has 0 spiro atoms. The number of alkyl halides is 2. The van der Waals surface area contributed by atoms with E-state index in [-0.39, 0.29) is 6.42 Å². The van der Waals surface area contributed by atoms with Gasteiger partial charge in [0.15, 0.2) is 5.78 Å². The third-order valence-electron chi connectivity index (χ3n) is 2.25. The summed E-state index contributed by atoms with van der Waals surface area (Å²) in [5.74, 6) is -4.34. The van der Waals surface area contributed by atoms with E-state index in [0.717, 1.165) is 4.47 Å². The molecule has 74 valence electrons. The Labute approximate surface area is 88.2 Å². The molecule has 0 amide bonds. The first-order chi connectivity index (χ1) is 6.50. The zero-order valence-electron chi connectivity index (χ0n) is 7.14. The maximum atomic E-state index is 12.6. The highest BCUT2D eigenvalue weighted by Crippen LogP contribution is 2.50. The smallest absolute Gasteiger partial charge is 0.259 e. The van der Waals surface area contributed by atoms with E-state index in [2.05, 4.69) is 15.9 Å². The van der Waals surface area contributed by atoms with Crippen molar-refractivity contribution in [2.24, 2.45) is 5.92 Å². The van der Waals surface area contributed by atoms with Crippen LogP contribution < -0.4 is 0 Å². The summed E-state index contributed by atoms with van der Waals surface area (Å²) in [4.78, 5) is 11.5. The van der Waals surface area contributed by atoms with Gasteiger partial charge in [-0.3, -0.25) is 4.79 Å². The van der Waals surface area contributed by atoms with Gasteiger partial charge in [0.2, 0.25) is 0 Å². The van der Waals surface area contributed by atoms with Gasteiger partial charge in [0, 0.05) is 16.5 Å². The zero-order valence-corrected chi connectivity index (χ0v) is 8.72. The van der Waals surface area contributed by atoms with Crippen molar-refractivity contribution in [1.29, 1.82) is 0 Å². The Morgan fingerprint density at radius 2 is 2.14 bits per heavy atom. The minimum Gasteiger partial charge on any atom is -0.294 e. The van der Waals surface area contributed by atoms with E-state index in [1.165, 1.54) is 0 Å². The third-order valence-corrected chi connectivity index (χ3v) is 2.74. The van der Waals surface area contributed by atoms with Crippen molar-refractivity contribution in [3.63, 3.8) is 0 Å². The molecule has 0 aliphatic heterocycles. The van der Waals surface area contributed by atoms with Gasteiger partial charge in [-0.2, -0.15) is 0 Å². The Kier molecular flexibility index (Phi) is 2.18. The topological polar surface area (TPSA) is 17.1 Å². The summed E-state index contributed by atoms with van der Waals surface area (Å²) < 4.78 is 25.9. The van der Waals surface area contributed by atoms with Crippen molar-refractivity contribution in [3.05, 3.63) is 34.3 Å². The van der Waals surface area contributed by atoms with E-state index >= 15 is 0 Å². The molecule has 1 saturated carbocycles. The molecule has 1 aromatic carbocycles. The Balaban J connectivity index is 2.21. The predicted molar refractivity (Wildman–Crippen MR) is 51.5 cm³/mol. The molecule has 0 radical (unpaired) electrons. The second kappa shape index (κ2) is 3.12. The van der Waals surface area contributed by atoms with Crippen LogP contribution >= 0.6 is 15.9 Å². The van der Waals surface area contributed by atoms with E-state index in [1.807, 2.05) is 0 Å². The number of hydrogen-bond donors (Lipinski definition) is 0. The summed E-state index contributed by atoms with van der Waals surface area (Å²) >= 11 is 3.19. The fraction of sp³-hybridized carbons (Fsp3) is 0.300. The van der Waals surface area contributed by atoms with Crippen LogP contribution in [0.15, 0.2) is 28.7 Å². The van der Waals surface area contributed by atoms with Gasteiger partial charge in [0.1, 0.15) is 0 Å². The minimum absolute atomic E-state index is 0.307. The maximum absolute atomic E-state index is 12.6. The van der Waals surface area contributed by atoms with Crippen molar-refractivity contribution in [1.82, 2.24) is 0 Å². The second-order valence-corrected chi connectivity index (χ2v) is 4.31. The number of hydrogen-bond acceptors (Lipinski definition) is 1. The summed E-state index contributed by atoms with van der Waals surface area (Å²) in [5.41, 5.74) is 0.349. The van der Waals surface area contributed by atoms with Crippen LogP contribution in [-0.2, 0) is 0 Å². The minimum atomic E-state index is -2.78. The number of halogens is 3. The third kappa shape index (κ3) is 1.71. The molecule has 1 atom stereocenters. The molecule has 0 bridgehead atoms. The first-order valence-electron chi connectivity index (χ1n) is 4.18. The highest BCUT2D eigenvalue weighted by atomic mass is 79.9. The number of carbonyl (C=O) groups excluding carboxylic acids is 1. The van der Waals surface area contributed by atoms with Gasteiger partial charge in [-0.1, -0.05) is 28.1 Å². The van der Waals surface area contributed by atoms with Crippen molar-refractivity contribution in [2.75, 3.05) is 0 Å². The molecule has 0 heterocycles. The molecular formula is C10H7BrF2O. The van der Waals surface area contributed by atoms with E-state index in [1.54, 1.807) is 24.3 Å². The Morgan fingerprint density at radius 1 is 1.50 bits per heavy atom. The van der Waals surface area contributed by atoms with E-state index < -0.39 is 17.6 Å². The molecule has 1 nitrogen and oxygen atoms in total. The summed E-state index contributed by atoms with van der Waals surface area (Å²) in [5, 5.41) is 0. The summed E-state index contributed by atoms with van der Waals surface area (Å²) in [6.07, 6.45) is -0.307. The molecule has 1 aliphatic carbocycles. The molecule has 0 aromatic heterocycles. The molecule has 2 rings (SSSR count). The first kappa shape index (κ1) is 9.77. The lowest BCUT2D eigenvalue weighted by atomic mass is 10.1. The number of rotatable bonds is 2. The molecule has 0 unspecified atom stereocenters. The quantitative estimate of drug-likeness (QED) is 0.746. The average molecular weight is 261 g/mol. The Hall–Kier alpha value is -0.770. The van der Waals surface area contributed by atoms with Crippen molar-refractivity contribution < 1.29 is 13.6 Å². The highest BCUT2D eigenvalue weighted by molar-refractivity contribution is 9.10. The van der Waals surface area contributed by atoms with Crippen LogP contribution in [-0.4, -0.2) is 11.7 Å². The van der Waals surface area contributed by atoms with E-state index in [9.17, 15) is 13.6 Å². The normalized spacial score (nSPS) is 23.2.